The molecule has 0 atom stereocenters. The van der Waals surface area contributed by atoms with Crippen molar-refractivity contribution >= 4 is 35.9 Å². The maximum absolute atomic E-state index is 12.6. The maximum atomic E-state index is 12.6. The van der Waals surface area contributed by atoms with Gasteiger partial charge < -0.3 is 16.0 Å². The second-order valence-corrected chi connectivity index (χ2v) is 5.70. The van der Waals surface area contributed by atoms with Crippen molar-refractivity contribution in [2.45, 2.75) is 19.0 Å². The second-order valence-electron chi connectivity index (χ2n) is 5.70. The minimum atomic E-state index is -4.48. The SMILES string of the molecule is CN=C(NCCCc1ccccc1)NCCNc1nccc(C(F)(F)F)n1.I. The zero-order valence-corrected chi connectivity index (χ0v) is 17.8. The summed E-state index contributed by atoms with van der Waals surface area (Å²) >= 11 is 0. The van der Waals surface area contributed by atoms with Crippen molar-refractivity contribution in [3.63, 3.8) is 0 Å². The molecule has 1 heterocycles. The van der Waals surface area contributed by atoms with E-state index in [-0.39, 0.29) is 29.9 Å². The van der Waals surface area contributed by atoms with E-state index in [0.717, 1.165) is 31.6 Å². The topological polar surface area (TPSA) is 74.2 Å². The Balaban J connectivity index is 0.00000392. The fourth-order valence-electron chi connectivity index (χ4n) is 2.32. The molecule has 0 unspecified atom stereocenters. The molecule has 0 fully saturated rings. The fraction of sp³-hybridized carbons (Fsp3) is 0.389. The number of aliphatic imine (C=N–C) groups is 1. The highest BCUT2D eigenvalue weighted by Crippen LogP contribution is 2.27. The Hall–Kier alpha value is -2.11. The minimum Gasteiger partial charge on any atom is -0.356 e. The van der Waals surface area contributed by atoms with Crippen LogP contribution in [-0.4, -0.2) is 42.6 Å². The summed E-state index contributed by atoms with van der Waals surface area (Å²) in [5.41, 5.74) is 0.316. The fourth-order valence-corrected chi connectivity index (χ4v) is 2.32. The molecule has 2 aromatic rings. The highest BCUT2D eigenvalue weighted by atomic mass is 127. The molecule has 0 saturated heterocycles. The molecule has 2 rings (SSSR count). The lowest BCUT2D eigenvalue weighted by Crippen LogP contribution is -2.40. The summed E-state index contributed by atoms with van der Waals surface area (Å²) in [6, 6.07) is 11.1. The van der Waals surface area contributed by atoms with Crippen LogP contribution >= 0.6 is 24.0 Å². The van der Waals surface area contributed by atoms with E-state index in [1.165, 1.54) is 5.56 Å². The number of alkyl halides is 3. The van der Waals surface area contributed by atoms with Crippen molar-refractivity contribution in [3.05, 3.63) is 53.9 Å². The number of nitrogens with zero attached hydrogens (tertiary/aromatic N) is 3. The van der Waals surface area contributed by atoms with Gasteiger partial charge in [-0.25, -0.2) is 9.97 Å². The van der Waals surface area contributed by atoms with Crippen LogP contribution in [0.3, 0.4) is 0 Å². The number of aromatic nitrogens is 2. The Bertz CT molecular complexity index is 725. The second kappa shape index (κ2) is 12.4. The van der Waals surface area contributed by atoms with Crippen molar-refractivity contribution in [2.75, 3.05) is 32.0 Å². The van der Waals surface area contributed by atoms with E-state index in [1.54, 1.807) is 7.05 Å². The van der Waals surface area contributed by atoms with Gasteiger partial charge in [0.05, 0.1) is 0 Å². The van der Waals surface area contributed by atoms with E-state index in [2.05, 4.69) is 43.0 Å². The van der Waals surface area contributed by atoms with Crippen LogP contribution in [-0.2, 0) is 12.6 Å². The molecule has 1 aromatic heterocycles. The molecule has 0 saturated carbocycles. The van der Waals surface area contributed by atoms with E-state index >= 15 is 0 Å². The van der Waals surface area contributed by atoms with Gasteiger partial charge in [-0.05, 0) is 24.5 Å². The molecule has 1 aromatic carbocycles. The van der Waals surface area contributed by atoms with Crippen LogP contribution in [0.25, 0.3) is 0 Å². The highest BCUT2D eigenvalue weighted by molar-refractivity contribution is 14.0. The van der Waals surface area contributed by atoms with Gasteiger partial charge in [0.2, 0.25) is 5.95 Å². The van der Waals surface area contributed by atoms with Crippen molar-refractivity contribution in [3.8, 4) is 0 Å². The number of rotatable bonds is 8. The zero-order chi connectivity index (χ0) is 19.5. The first-order chi connectivity index (χ1) is 13.0. The lowest BCUT2D eigenvalue weighted by atomic mass is 10.1. The summed E-state index contributed by atoms with van der Waals surface area (Å²) in [5.74, 6) is 0.576. The Labute approximate surface area is 179 Å². The summed E-state index contributed by atoms with van der Waals surface area (Å²) in [6.07, 6.45) is -1.47. The average molecular weight is 508 g/mol. The van der Waals surface area contributed by atoms with Gasteiger partial charge in [-0.15, -0.1) is 24.0 Å². The number of anilines is 1. The van der Waals surface area contributed by atoms with Crippen molar-refractivity contribution < 1.29 is 13.2 Å². The monoisotopic (exact) mass is 508 g/mol. The van der Waals surface area contributed by atoms with E-state index in [1.807, 2.05) is 18.2 Å². The summed E-state index contributed by atoms with van der Waals surface area (Å²) in [4.78, 5) is 11.3. The normalized spacial score (nSPS) is 11.5. The molecule has 28 heavy (non-hydrogen) atoms. The molecule has 0 bridgehead atoms. The standard InChI is InChI=1S/C18H23F3N6.HI/c1-22-16(23-10-5-8-14-6-3-2-4-7-14)25-12-13-26-17-24-11-9-15(27-17)18(19,20)21;/h2-4,6-7,9,11H,5,8,10,12-13H2,1H3,(H2,22,23,25)(H,24,26,27);1H. The number of hydrogen-bond acceptors (Lipinski definition) is 4. The lowest BCUT2D eigenvalue weighted by Gasteiger charge is -2.12. The smallest absolute Gasteiger partial charge is 0.356 e. The van der Waals surface area contributed by atoms with E-state index in [9.17, 15) is 13.2 Å². The first kappa shape index (κ1) is 23.9. The van der Waals surface area contributed by atoms with Crippen LogP contribution in [0.2, 0.25) is 0 Å². The largest absolute Gasteiger partial charge is 0.433 e. The molecule has 6 nitrogen and oxygen atoms in total. The quantitative estimate of drug-likeness (QED) is 0.221. The third-order valence-electron chi connectivity index (χ3n) is 3.65. The molecule has 154 valence electrons. The van der Waals surface area contributed by atoms with Crippen LogP contribution in [0, 0.1) is 0 Å². The molecule has 10 heteroatoms. The van der Waals surface area contributed by atoms with Crippen LogP contribution < -0.4 is 16.0 Å². The van der Waals surface area contributed by atoms with E-state index in [0.29, 0.717) is 19.0 Å². The number of benzene rings is 1. The number of hydrogen-bond donors (Lipinski definition) is 3. The van der Waals surface area contributed by atoms with Gasteiger partial charge in [0.15, 0.2) is 5.96 Å². The van der Waals surface area contributed by atoms with Crippen LogP contribution in [0.4, 0.5) is 19.1 Å². The van der Waals surface area contributed by atoms with Crippen LogP contribution in [0.5, 0.6) is 0 Å². The Kier molecular flexibility index (Phi) is 10.6. The maximum Gasteiger partial charge on any atom is 0.433 e. The summed E-state index contributed by atoms with van der Waals surface area (Å²) < 4.78 is 37.8. The Morgan fingerprint density at radius 3 is 2.43 bits per heavy atom. The van der Waals surface area contributed by atoms with Crippen LogP contribution in [0.15, 0.2) is 47.6 Å². The summed E-state index contributed by atoms with van der Waals surface area (Å²) in [5, 5.41) is 9.04. The molecule has 0 amide bonds. The van der Waals surface area contributed by atoms with Gasteiger partial charge in [-0.2, -0.15) is 13.2 Å². The van der Waals surface area contributed by atoms with E-state index < -0.39 is 11.9 Å². The molecule has 0 spiro atoms. The number of halogens is 4. The molecule has 3 N–H and O–H groups in total. The number of nitrogens with one attached hydrogen (secondary N) is 3. The van der Waals surface area contributed by atoms with Gasteiger partial charge in [0.25, 0.3) is 0 Å². The van der Waals surface area contributed by atoms with Gasteiger partial charge in [0, 0.05) is 32.9 Å². The highest BCUT2D eigenvalue weighted by Gasteiger charge is 2.32. The lowest BCUT2D eigenvalue weighted by molar-refractivity contribution is -0.141. The molecular formula is C18H24F3IN6. The molecular weight excluding hydrogens is 484 g/mol. The number of aryl methyl sites for hydroxylation is 1. The summed E-state index contributed by atoms with van der Waals surface area (Å²) in [6.45, 7) is 1.57. The van der Waals surface area contributed by atoms with Crippen LogP contribution in [0.1, 0.15) is 17.7 Å². The predicted octanol–water partition coefficient (Wildman–Crippen LogP) is 3.32. The average Bonchev–Trinajstić information content (AvgIpc) is 2.67. The zero-order valence-electron chi connectivity index (χ0n) is 15.5. The minimum absolute atomic E-state index is 0. The summed E-state index contributed by atoms with van der Waals surface area (Å²) in [7, 11) is 1.66. The predicted molar refractivity (Wildman–Crippen MR) is 115 cm³/mol. The molecule has 0 aliphatic rings. The molecule has 0 aliphatic heterocycles. The van der Waals surface area contributed by atoms with Gasteiger partial charge in [-0.1, -0.05) is 30.3 Å². The molecule has 0 aliphatic carbocycles. The first-order valence-corrected chi connectivity index (χ1v) is 8.61. The van der Waals surface area contributed by atoms with E-state index in [4.69, 9.17) is 0 Å². The van der Waals surface area contributed by atoms with Crippen molar-refractivity contribution in [1.82, 2.24) is 20.6 Å². The van der Waals surface area contributed by atoms with Crippen molar-refractivity contribution in [2.24, 2.45) is 4.99 Å². The third-order valence-corrected chi connectivity index (χ3v) is 3.65. The number of guanidine groups is 1. The van der Waals surface area contributed by atoms with Crippen molar-refractivity contribution in [1.29, 1.82) is 0 Å². The Morgan fingerprint density at radius 1 is 1.04 bits per heavy atom. The third kappa shape index (κ3) is 8.72. The first-order valence-electron chi connectivity index (χ1n) is 8.61. The van der Waals surface area contributed by atoms with Gasteiger partial charge in [0.1, 0.15) is 5.69 Å². The molecule has 0 radical (unpaired) electrons. The Morgan fingerprint density at radius 2 is 1.75 bits per heavy atom. The van der Waals surface area contributed by atoms with Gasteiger partial charge in [-0.3, -0.25) is 4.99 Å². The van der Waals surface area contributed by atoms with Gasteiger partial charge >= 0.3 is 6.18 Å².